The van der Waals surface area contributed by atoms with Gasteiger partial charge in [-0.25, -0.2) is 0 Å². The highest BCUT2D eigenvalue weighted by Gasteiger charge is 2.11. The third kappa shape index (κ3) is 3.92. The lowest BCUT2D eigenvalue weighted by molar-refractivity contribution is 0.0936. The monoisotopic (exact) mass is 321 g/mol. The molecule has 1 aromatic heterocycles. The van der Waals surface area contributed by atoms with Gasteiger partial charge >= 0.3 is 0 Å². The van der Waals surface area contributed by atoms with Crippen molar-refractivity contribution >= 4 is 21.8 Å². The Morgan fingerprint density at radius 2 is 2.26 bits per heavy atom. The summed E-state index contributed by atoms with van der Waals surface area (Å²) in [7, 11) is 0. The Bertz CT molecular complexity index is 546. The maximum atomic E-state index is 12.1. The van der Waals surface area contributed by atoms with E-state index in [0.29, 0.717) is 12.1 Å². The van der Waals surface area contributed by atoms with Gasteiger partial charge in [0, 0.05) is 28.5 Å². The highest BCUT2D eigenvalue weighted by molar-refractivity contribution is 9.10. The average molecular weight is 322 g/mol. The number of nitrogens with zero attached hydrogens (tertiary/aromatic N) is 2. The lowest BCUT2D eigenvalue weighted by atomic mass is 10.1. The minimum absolute atomic E-state index is 0.0201. The molecule has 0 saturated heterocycles. The van der Waals surface area contributed by atoms with Crippen LogP contribution in [-0.2, 0) is 6.54 Å². The fourth-order valence-corrected chi connectivity index (χ4v) is 2.52. The van der Waals surface area contributed by atoms with Crippen molar-refractivity contribution in [3.05, 3.63) is 52.3 Å². The van der Waals surface area contributed by atoms with E-state index in [1.165, 1.54) is 0 Å². The molecule has 0 saturated carbocycles. The van der Waals surface area contributed by atoms with Crippen LogP contribution in [0.3, 0.4) is 0 Å². The third-order valence-electron chi connectivity index (χ3n) is 2.70. The minimum atomic E-state index is -0.0657. The summed E-state index contributed by atoms with van der Waals surface area (Å²) in [4.78, 5) is 12.1. The van der Waals surface area contributed by atoms with Crippen LogP contribution < -0.4 is 5.32 Å². The molecule has 2 aromatic rings. The lowest BCUT2D eigenvalue weighted by Gasteiger charge is -2.14. The number of hydrogen-bond donors (Lipinski definition) is 1. The van der Waals surface area contributed by atoms with E-state index < -0.39 is 0 Å². The summed E-state index contributed by atoms with van der Waals surface area (Å²) in [6.07, 6.45) is 3.61. The van der Waals surface area contributed by atoms with Crippen molar-refractivity contribution in [2.24, 2.45) is 0 Å². The molecule has 100 valence electrons. The van der Waals surface area contributed by atoms with E-state index in [4.69, 9.17) is 0 Å². The molecule has 2 rings (SSSR count). The van der Waals surface area contributed by atoms with Gasteiger partial charge < -0.3 is 5.32 Å². The average Bonchev–Trinajstić information content (AvgIpc) is 2.80. The second kappa shape index (κ2) is 6.02. The first-order chi connectivity index (χ1) is 9.04. The molecule has 1 heterocycles. The molecule has 0 bridgehead atoms. The van der Waals surface area contributed by atoms with Crippen LogP contribution in [0.25, 0.3) is 0 Å². The van der Waals surface area contributed by atoms with E-state index in [9.17, 15) is 4.79 Å². The van der Waals surface area contributed by atoms with Crippen molar-refractivity contribution in [2.45, 2.75) is 26.4 Å². The number of rotatable bonds is 4. The number of benzene rings is 1. The smallest absolute Gasteiger partial charge is 0.251 e. The first kappa shape index (κ1) is 13.8. The normalized spacial score (nSPS) is 12.2. The Balaban J connectivity index is 2.00. The molecule has 0 fully saturated rings. The van der Waals surface area contributed by atoms with E-state index in [1.54, 1.807) is 10.9 Å². The molecule has 1 amide bonds. The standard InChI is InChI=1S/C14H16BrN3O/c1-10-6-12(8-13(15)7-10)14(19)17-11(2)9-18-5-3-4-16-18/h3-8,11H,9H2,1-2H3,(H,17,19). The van der Waals surface area contributed by atoms with Gasteiger partial charge in [0.25, 0.3) is 5.91 Å². The molecular formula is C14H16BrN3O. The second-order valence-electron chi connectivity index (χ2n) is 4.62. The van der Waals surface area contributed by atoms with Crippen LogP contribution in [0.2, 0.25) is 0 Å². The number of halogens is 1. The van der Waals surface area contributed by atoms with Gasteiger partial charge in [0.05, 0.1) is 6.54 Å². The first-order valence-corrected chi connectivity index (χ1v) is 6.89. The zero-order valence-electron chi connectivity index (χ0n) is 10.9. The van der Waals surface area contributed by atoms with Crippen LogP contribution in [0.1, 0.15) is 22.8 Å². The number of hydrogen-bond acceptors (Lipinski definition) is 2. The molecule has 1 aromatic carbocycles. The zero-order valence-corrected chi connectivity index (χ0v) is 12.5. The van der Waals surface area contributed by atoms with E-state index >= 15 is 0 Å². The highest BCUT2D eigenvalue weighted by atomic mass is 79.9. The highest BCUT2D eigenvalue weighted by Crippen LogP contribution is 2.15. The van der Waals surface area contributed by atoms with Gasteiger partial charge in [-0.05, 0) is 43.7 Å². The molecule has 19 heavy (non-hydrogen) atoms. The SMILES string of the molecule is Cc1cc(Br)cc(C(=O)NC(C)Cn2cccn2)c1. The molecule has 0 spiro atoms. The molecule has 0 aliphatic heterocycles. The Kier molecular flexibility index (Phi) is 4.37. The maximum Gasteiger partial charge on any atom is 0.251 e. The summed E-state index contributed by atoms with van der Waals surface area (Å²) in [6.45, 7) is 4.59. The molecule has 1 N–H and O–H groups in total. The van der Waals surface area contributed by atoms with Gasteiger partial charge in [0.2, 0.25) is 0 Å². The molecule has 1 atom stereocenters. The number of aromatic nitrogens is 2. The van der Waals surface area contributed by atoms with Crippen molar-refractivity contribution in [1.29, 1.82) is 0 Å². The van der Waals surface area contributed by atoms with E-state index in [1.807, 2.05) is 44.3 Å². The maximum absolute atomic E-state index is 12.1. The Labute approximate surface area is 120 Å². The predicted molar refractivity (Wildman–Crippen MR) is 78.0 cm³/mol. The molecule has 1 unspecified atom stereocenters. The topological polar surface area (TPSA) is 46.9 Å². The molecule has 0 radical (unpaired) electrons. The molecule has 4 nitrogen and oxygen atoms in total. The van der Waals surface area contributed by atoms with E-state index in [0.717, 1.165) is 10.0 Å². The zero-order chi connectivity index (χ0) is 13.8. The minimum Gasteiger partial charge on any atom is -0.348 e. The number of nitrogens with one attached hydrogen (secondary N) is 1. The van der Waals surface area contributed by atoms with Crippen LogP contribution in [0.4, 0.5) is 0 Å². The van der Waals surface area contributed by atoms with Crippen molar-refractivity contribution in [3.8, 4) is 0 Å². The van der Waals surface area contributed by atoms with Gasteiger partial charge in [-0.3, -0.25) is 9.48 Å². The quantitative estimate of drug-likeness (QED) is 0.941. The third-order valence-corrected chi connectivity index (χ3v) is 3.16. The van der Waals surface area contributed by atoms with Gasteiger partial charge in [-0.15, -0.1) is 0 Å². The van der Waals surface area contributed by atoms with Crippen molar-refractivity contribution in [1.82, 2.24) is 15.1 Å². The van der Waals surface area contributed by atoms with Crippen LogP contribution in [-0.4, -0.2) is 21.7 Å². The molecule has 0 aliphatic carbocycles. The number of carbonyl (C=O) groups excluding carboxylic acids is 1. The summed E-state index contributed by atoms with van der Waals surface area (Å²) in [6, 6.07) is 7.56. The Morgan fingerprint density at radius 3 is 2.89 bits per heavy atom. The van der Waals surface area contributed by atoms with Gasteiger partial charge in [-0.1, -0.05) is 15.9 Å². The lowest BCUT2D eigenvalue weighted by Crippen LogP contribution is -2.35. The van der Waals surface area contributed by atoms with Crippen LogP contribution in [0.5, 0.6) is 0 Å². The number of carbonyl (C=O) groups is 1. The fourth-order valence-electron chi connectivity index (χ4n) is 1.91. The fraction of sp³-hybridized carbons (Fsp3) is 0.286. The summed E-state index contributed by atoms with van der Waals surface area (Å²) in [5.74, 6) is -0.0657. The van der Waals surface area contributed by atoms with Crippen molar-refractivity contribution in [2.75, 3.05) is 0 Å². The Hall–Kier alpha value is -1.62. The summed E-state index contributed by atoms with van der Waals surface area (Å²) >= 11 is 3.40. The summed E-state index contributed by atoms with van der Waals surface area (Å²) in [5, 5.41) is 7.09. The number of amides is 1. The molecule has 5 heteroatoms. The van der Waals surface area contributed by atoms with E-state index in [-0.39, 0.29) is 11.9 Å². The van der Waals surface area contributed by atoms with Crippen LogP contribution in [0, 0.1) is 6.92 Å². The predicted octanol–water partition coefficient (Wildman–Crippen LogP) is 2.77. The second-order valence-corrected chi connectivity index (χ2v) is 5.54. The van der Waals surface area contributed by atoms with Gasteiger partial charge in [0.1, 0.15) is 0 Å². The summed E-state index contributed by atoms with van der Waals surface area (Å²) < 4.78 is 2.72. The molecular weight excluding hydrogens is 306 g/mol. The van der Waals surface area contributed by atoms with Crippen molar-refractivity contribution in [3.63, 3.8) is 0 Å². The number of aryl methyl sites for hydroxylation is 1. The van der Waals surface area contributed by atoms with Crippen LogP contribution in [0.15, 0.2) is 41.1 Å². The Morgan fingerprint density at radius 1 is 1.47 bits per heavy atom. The van der Waals surface area contributed by atoms with Crippen molar-refractivity contribution < 1.29 is 4.79 Å². The molecule has 0 aliphatic rings. The van der Waals surface area contributed by atoms with Gasteiger partial charge in [0.15, 0.2) is 0 Å². The van der Waals surface area contributed by atoms with Crippen LogP contribution >= 0.6 is 15.9 Å². The van der Waals surface area contributed by atoms with E-state index in [2.05, 4.69) is 26.3 Å². The summed E-state index contributed by atoms with van der Waals surface area (Å²) in [5.41, 5.74) is 1.72. The first-order valence-electron chi connectivity index (χ1n) is 6.10. The van der Waals surface area contributed by atoms with Gasteiger partial charge in [-0.2, -0.15) is 5.10 Å². The largest absolute Gasteiger partial charge is 0.348 e.